The van der Waals surface area contributed by atoms with Crippen molar-refractivity contribution in [2.45, 2.75) is 33.7 Å². The van der Waals surface area contributed by atoms with Crippen LogP contribution in [0.15, 0.2) is 0 Å². The number of carbonyl (C=O) groups excluding carboxylic acids is 2. The Morgan fingerprint density at radius 1 is 1.44 bits per heavy atom. The Hall–Kier alpha value is -1.56. The highest BCUT2D eigenvalue weighted by molar-refractivity contribution is 7.18. The number of hydrogen-bond donors (Lipinski definition) is 2. The Balaban J connectivity index is 3.08. The summed E-state index contributed by atoms with van der Waals surface area (Å²) in [6, 6.07) is 0.0160. The number of nitrogen functional groups attached to an aromatic ring is 1. The molecule has 1 aromatic rings. The average Bonchev–Trinajstić information content (AvgIpc) is 2.53. The zero-order valence-electron chi connectivity index (χ0n) is 11.0. The number of rotatable bonds is 4. The van der Waals surface area contributed by atoms with Crippen LogP contribution in [-0.2, 0) is 4.74 Å². The maximum Gasteiger partial charge on any atom is 0.348 e. The third kappa shape index (κ3) is 3.01. The average molecular weight is 270 g/mol. The van der Waals surface area contributed by atoms with Crippen molar-refractivity contribution in [3.8, 4) is 0 Å². The molecule has 1 aromatic heterocycles. The Labute approximate surface area is 110 Å². The molecule has 3 N–H and O–H groups in total. The standard InChI is InChI=1S/C12H18N2O3S/c1-5-17-12(16)9-7(4)8(10(13)18-9)11(15)14-6(2)3/h6H,5,13H2,1-4H3,(H,14,15). The van der Waals surface area contributed by atoms with Crippen LogP contribution in [0.1, 0.15) is 46.4 Å². The van der Waals surface area contributed by atoms with E-state index in [4.69, 9.17) is 10.5 Å². The van der Waals surface area contributed by atoms with Gasteiger partial charge in [-0.2, -0.15) is 0 Å². The molecule has 0 bridgehead atoms. The molecule has 18 heavy (non-hydrogen) atoms. The first-order chi connectivity index (χ1) is 8.38. The van der Waals surface area contributed by atoms with Crippen LogP contribution in [0, 0.1) is 6.92 Å². The summed E-state index contributed by atoms with van der Waals surface area (Å²) in [5.41, 5.74) is 6.75. The molecule has 0 spiro atoms. The van der Waals surface area contributed by atoms with E-state index in [1.54, 1.807) is 13.8 Å². The zero-order chi connectivity index (χ0) is 13.9. The van der Waals surface area contributed by atoms with Crippen LogP contribution in [0.3, 0.4) is 0 Å². The van der Waals surface area contributed by atoms with Crippen LogP contribution in [0.2, 0.25) is 0 Å². The normalized spacial score (nSPS) is 10.5. The molecule has 0 aliphatic rings. The van der Waals surface area contributed by atoms with Crippen molar-refractivity contribution >= 4 is 28.2 Å². The molecule has 1 amide bonds. The van der Waals surface area contributed by atoms with Crippen molar-refractivity contribution in [1.82, 2.24) is 5.32 Å². The number of esters is 1. The summed E-state index contributed by atoms with van der Waals surface area (Å²) in [6.07, 6.45) is 0. The SMILES string of the molecule is CCOC(=O)c1sc(N)c(C(=O)NC(C)C)c1C. The van der Waals surface area contributed by atoms with Crippen LogP contribution in [-0.4, -0.2) is 24.5 Å². The number of thiophene rings is 1. The Morgan fingerprint density at radius 3 is 2.56 bits per heavy atom. The fraction of sp³-hybridized carbons (Fsp3) is 0.500. The molecular formula is C12H18N2O3S. The van der Waals surface area contributed by atoms with Gasteiger partial charge in [-0.05, 0) is 33.3 Å². The van der Waals surface area contributed by atoms with E-state index < -0.39 is 5.97 Å². The van der Waals surface area contributed by atoms with Gasteiger partial charge < -0.3 is 15.8 Å². The first kappa shape index (κ1) is 14.5. The molecule has 0 unspecified atom stereocenters. The third-order valence-corrected chi connectivity index (χ3v) is 3.38. The van der Waals surface area contributed by atoms with Gasteiger partial charge in [0.05, 0.1) is 17.2 Å². The second-order valence-electron chi connectivity index (χ2n) is 4.14. The number of ether oxygens (including phenoxy) is 1. The van der Waals surface area contributed by atoms with E-state index in [0.717, 1.165) is 11.3 Å². The van der Waals surface area contributed by atoms with Gasteiger partial charge in [0.2, 0.25) is 0 Å². The highest BCUT2D eigenvalue weighted by atomic mass is 32.1. The largest absolute Gasteiger partial charge is 0.462 e. The van der Waals surface area contributed by atoms with Crippen molar-refractivity contribution in [1.29, 1.82) is 0 Å². The van der Waals surface area contributed by atoms with E-state index in [1.807, 2.05) is 13.8 Å². The van der Waals surface area contributed by atoms with E-state index in [0.29, 0.717) is 27.6 Å². The van der Waals surface area contributed by atoms with Gasteiger partial charge in [0.25, 0.3) is 5.91 Å². The van der Waals surface area contributed by atoms with E-state index in [2.05, 4.69) is 5.32 Å². The van der Waals surface area contributed by atoms with E-state index >= 15 is 0 Å². The highest BCUT2D eigenvalue weighted by Gasteiger charge is 2.24. The minimum absolute atomic E-state index is 0.0160. The van der Waals surface area contributed by atoms with Gasteiger partial charge in [-0.1, -0.05) is 0 Å². The maximum absolute atomic E-state index is 12.0. The van der Waals surface area contributed by atoms with Crippen LogP contribution >= 0.6 is 11.3 Å². The molecular weight excluding hydrogens is 252 g/mol. The lowest BCUT2D eigenvalue weighted by molar-refractivity contribution is 0.0531. The summed E-state index contributed by atoms with van der Waals surface area (Å²) >= 11 is 1.09. The number of carbonyl (C=O) groups is 2. The van der Waals surface area contributed by atoms with Gasteiger partial charge >= 0.3 is 5.97 Å². The summed E-state index contributed by atoms with van der Waals surface area (Å²) in [5, 5.41) is 3.10. The molecule has 1 heterocycles. The van der Waals surface area contributed by atoms with Crippen LogP contribution < -0.4 is 11.1 Å². The van der Waals surface area contributed by atoms with E-state index in [-0.39, 0.29) is 11.9 Å². The van der Waals surface area contributed by atoms with Gasteiger partial charge in [-0.25, -0.2) is 4.79 Å². The van der Waals surface area contributed by atoms with Crippen molar-refractivity contribution in [3.63, 3.8) is 0 Å². The smallest absolute Gasteiger partial charge is 0.348 e. The van der Waals surface area contributed by atoms with Crippen LogP contribution in [0.25, 0.3) is 0 Å². The van der Waals surface area contributed by atoms with Crippen molar-refractivity contribution < 1.29 is 14.3 Å². The topological polar surface area (TPSA) is 81.4 Å². The molecule has 0 aromatic carbocycles. The Morgan fingerprint density at radius 2 is 2.06 bits per heavy atom. The summed E-state index contributed by atoms with van der Waals surface area (Å²) in [4.78, 5) is 24.0. The fourth-order valence-electron chi connectivity index (χ4n) is 1.54. The molecule has 6 heteroatoms. The molecule has 1 rings (SSSR count). The first-order valence-electron chi connectivity index (χ1n) is 5.75. The number of amides is 1. The number of hydrogen-bond acceptors (Lipinski definition) is 5. The lowest BCUT2D eigenvalue weighted by atomic mass is 10.1. The minimum atomic E-state index is -0.435. The van der Waals surface area contributed by atoms with Gasteiger partial charge in [0.1, 0.15) is 4.88 Å². The Kier molecular flexibility index (Phi) is 4.72. The molecule has 0 atom stereocenters. The molecule has 100 valence electrons. The zero-order valence-corrected chi connectivity index (χ0v) is 11.8. The van der Waals surface area contributed by atoms with Crippen LogP contribution in [0.4, 0.5) is 5.00 Å². The molecule has 0 fully saturated rings. The second kappa shape index (κ2) is 5.86. The number of anilines is 1. The fourth-order valence-corrected chi connectivity index (χ4v) is 2.51. The van der Waals surface area contributed by atoms with Gasteiger partial charge in [0.15, 0.2) is 0 Å². The predicted octanol–water partition coefficient (Wildman–Crippen LogP) is 1.95. The first-order valence-corrected chi connectivity index (χ1v) is 6.56. The maximum atomic E-state index is 12.0. The van der Waals surface area contributed by atoms with Crippen molar-refractivity contribution in [3.05, 3.63) is 16.0 Å². The summed E-state index contributed by atoms with van der Waals surface area (Å²) in [6.45, 7) is 7.46. The van der Waals surface area contributed by atoms with Crippen LogP contribution in [0.5, 0.6) is 0 Å². The molecule has 0 aliphatic heterocycles. The molecule has 0 saturated heterocycles. The third-order valence-electron chi connectivity index (χ3n) is 2.28. The van der Waals surface area contributed by atoms with Gasteiger partial charge in [-0.3, -0.25) is 4.79 Å². The number of nitrogens with one attached hydrogen (secondary N) is 1. The number of nitrogens with two attached hydrogens (primary N) is 1. The molecule has 0 aliphatic carbocycles. The molecule has 0 saturated carbocycles. The van der Waals surface area contributed by atoms with Gasteiger partial charge in [0, 0.05) is 6.04 Å². The second-order valence-corrected chi connectivity index (χ2v) is 5.20. The van der Waals surface area contributed by atoms with Crippen molar-refractivity contribution in [2.75, 3.05) is 12.3 Å². The quantitative estimate of drug-likeness (QED) is 0.819. The lowest BCUT2D eigenvalue weighted by Gasteiger charge is -2.08. The lowest BCUT2D eigenvalue weighted by Crippen LogP contribution is -2.30. The Bertz CT molecular complexity index is 466. The van der Waals surface area contributed by atoms with E-state index in [9.17, 15) is 9.59 Å². The van der Waals surface area contributed by atoms with Gasteiger partial charge in [-0.15, -0.1) is 11.3 Å². The summed E-state index contributed by atoms with van der Waals surface area (Å²) in [5.74, 6) is -0.693. The monoisotopic (exact) mass is 270 g/mol. The van der Waals surface area contributed by atoms with E-state index in [1.165, 1.54) is 0 Å². The molecule has 5 nitrogen and oxygen atoms in total. The summed E-state index contributed by atoms with van der Waals surface area (Å²) in [7, 11) is 0. The van der Waals surface area contributed by atoms with Crippen molar-refractivity contribution in [2.24, 2.45) is 0 Å². The predicted molar refractivity (Wildman–Crippen MR) is 72.0 cm³/mol. The highest BCUT2D eigenvalue weighted by Crippen LogP contribution is 2.31. The minimum Gasteiger partial charge on any atom is -0.462 e. The molecule has 0 radical (unpaired) electrons. The summed E-state index contributed by atoms with van der Waals surface area (Å²) < 4.78 is 4.92.